The number of ketones is 1. The van der Waals surface area contributed by atoms with E-state index in [0.717, 1.165) is 28.1 Å². The molecule has 17 heavy (non-hydrogen) atoms. The molecule has 2 aromatic rings. The van der Waals surface area contributed by atoms with Gasteiger partial charge in [0.25, 0.3) is 0 Å². The van der Waals surface area contributed by atoms with Crippen molar-refractivity contribution in [3.05, 3.63) is 52.3 Å². The highest BCUT2D eigenvalue weighted by Crippen LogP contribution is 2.19. The Kier molecular flexibility index (Phi) is 2.84. The van der Waals surface area contributed by atoms with Gasteiger partial charge in [-0.1, -0.05) is 24.3 Å². The molecule has 0 atom stereocenters. The summed E-state index contributed by atoms with van der Waals surface area (Å²) < 4.78 is 1.75. The number of carbonyl (C=O) groups is 1. The Hall–Kier alpha value is -1.90. The Morgan fingerprint density at radius 3 is 2.35 bits per heavy atom. The van der Waals surface area contributed by atoms with Gasteiger partial charge in [-0.2, -0.15) is 5.10 Å². The molecule has 3 heteroatoms. The summed E-state index contributed by atoms with van der Waals surface area (Å²) in [5.74, 6) is 0.0613. The maximum atomic E-state index is 12.5. The topological polar surface area (TPSA) is 34.9 Å². The molecule has 0 bridgehead atoms. The maximum absolute atomic E-state index is 12.5. The number of benzene rings is 1. The maximum Gasteiger partial charge on any atom is 0.196 e. The Morgan fingerprint density at radius 2 is 1.82 bits per heavy atom. The van der Waals surface area contributed by atoms with E-state index in [-0.39, 0.29) is 5.78 Å². The molecule has 2 rings (SSSR count). The normalized spacial score (nSPS) is 10.6. The molecule has 0 radical (unpaired) electrons. The fourth-order valence-electron chi connectivity index (χ4n) is 2.06. The van der Waals surface area contributed by atoms with E-state index in [2.05, 4.69) is 5.10 Å². The van der Waals surface area contributed by atoms with Crippen molar-refractivity contribution in [3.8, 4) is 0 Å². The number of aryl methyl sites for hydroxylation is 3. The standard InChI is InChI=1S/C14H16N2O/c1-9-7-5-6-8-12(9)14(17)13-10(2)15-16(4)11(13)3/h5-8H,1-4H3. The third-order valence-corrected chi connectivity index (χ3v) is 3.13. The summed E-state index contributed by atoms with van der Waals surface area (Å²) >= 11 is 0. The van der Waals surface area contributed by atoms with Crippen LogP contribution in [0, 0.1) is 20.8 Å². The van der Waals surface area contributed by atoms with Gasteiger partial charge in [-0.15, -0.1) is 0 Å². The molecule has 0 aliphatic carbocycles. The van der Waals surface area contributed by atoms with Crippen LogP contribution in [0.25, 0.3) is 0 Å². The van der Waals surface area contributed by atoms with E-state index in [4.69, 9.17) is 0 Å². The molecule has 0 spiro atoms. The first kappa shape index (κ1) is 11.6. The second-order valence-electron chi connectivity index (χ2n) is 4.31. The number of hydrogen-bond donors (Lipinski definition) is 0. The molecule has 3 nitrogen and oxygen atoms in total. The summed E-state index contributed by atoms with van der Waals surface area (Å²) in [5, 5.41) is 4.28. The van der Waals surface area contributed by atoms with Crippen molar-refractivity contribution >= 4 is 5.78 Å². The van der Waals surface area contributed by atoms with Gasteiger partial charge < -0.3 is 0 Å². The average molecular weight is 228 g/mol. The zero-order valence-corrected chi connectivity index (χ0v) is 10.6. The first-order valence-electron chi connectivity index (χ1n) is 5.63. The molecule has 0 unspecified atom stereocenters. The van der Waals surface area contributed by atoms with E-state index < -0.39 is 0 Å². The molecule has 88 valence electrons. The van der Waals surface area contributed by atoms with Gasteiger partial charge in [-0.3, -0.25) is 9.48 Å². The smallest absolute Gasteiger partial charge is 0.196 e. The third-order valence-electron chi connectivity index (χ3n) is 3.13. The predicted octanol–water partition coefficient (Wildman–Crippen LogP) is 2.58. The highest BCUT2D eigenvalue weighted by Gasteiger charge is 2.19. The number of aromatic nitrogens is 2. The molecule has 0 saturated carbocycles. The Balaban J connectivity index is 2.55. The summed E-state index contributed by atoms with van der Waals surface area (Å²) in [4.78, 5) is 12.5. The monoisotopic (exact) mass is 228 g/mol. The molecule has 1 heterocycles. The van der Waals surface area contributed by atoms with Crippen LogP contribution in [0.1, 0.15) is 32.9 Å². The van der Waals surface area contributed by atoms with Gasteiger partial charge in [0.1, 0.15) is 0 Å². The zero-order valence-electron chi connectivity index (χ0n) is 10.6. The summed E-state index contributed by atoms with van der Waals surface area (Å²) in [6.45, 7) is 5.75. The predicted molar refractivity (Wildman–Crippen MR) is 67.3 cm³/mol. The fourth-order valence-corrected chi connectivity index (χ4v) is 2.06. The molecular formula is C14H16N2O. The second kappa shape index (κ2) is 4.17. The fraction of sp³-hybridized carbons (Fsp3) is 0.286. The number of nitrogens with zero attached hydrogens (tertiary/aromatic N) is 2. The Bertz CT molecular complexity index is 582. The molecular weight excluding hydrogens is 212 g/mol. The molecule has 0 fully saturated rings. The van der Waals surface area contributed by atoms with Gasteiger partial charge in [0.2, 0.25) is 0 Å². The van der Waals surface area contributed by atoms with Gasteiger partial charge in [0.15, 0.2) is 5.78 Å². The first-order valence-corrected chi connectivity index (χ1v) is 5.63. The summed E-state index contributed by atoms with van der Waals surface area (Å²) in [5.41, 5.74) is 4.18. The highest BCUT2D eigenvalue weighted by atomic mass is 16.1. The van der Waals surface area contributed by atoms with Crippen molar-refractivity contribution in [2.45, 2.75) is 20.8 Å². The van der Waals surface area contributed by atoms with Crippen molar-refractivity contribution < 1.29 is 4.79 Å². The molecule has 1 aromatic heterocycles. The lowest BCUT2D eigenvalue weighted by atomic mass is 9.98. The number of carbonyl (C=O) groups excluding carboxylic acids is 1. The highest BCUT2D eigenvalue weighted by molar-refractivity contribution is 6.11. The van der Waals surface area contributed by atoms with E-state index in [1.807, 2.05) is 52.1 Å². The van der Waals surface area contributed by atoms with E-state index in [1.54, 1.807) is 4.68 Å². The molecule has 0 saturated heterocycles. The molecule has 0 aliphatic heterocycles. The molecule has 1 aromatic carbocycles. The SMILES string of the molecule is Cc1ccccc1C(=O)c1c(C)nn(C)c1C. The van der Waals surface area contributed by atoms with Crippen molar-refractivity contribution in [3.63, 3.8) is 0 Å². The van der Waals surface area contributed by atoms with Gasteiger partial charge in [-0.25, -0.2) is 0 Å². The van der Waals surface area contributed by atoms with Crippen molar-refractivity contribution in [2.75, 3.05) is 0 Å². The van der Waals surface area contributed by atoms with Crippen molar-refractivity contribution in [1.82, 2.24) is 9.78 Å². The summed E-state index contributed by atoms with van der Waals surface area (Å²) in [6.07, 6.45) is 0. The lowest BCUT2D eigenvalue weighted by Gasteiger charge is -2.05. The van der Waals surface area contributed by atoms with Crippen LogP contribution in [0.4, 0.5) is 0 Å². The van der Waals surface area contributed by atoms with Gasteiger partial charge >= 0.3 is 0 Å². The number of rotatable bonds is 2. The van der Waals surface area contributed by atoms with Crippen LogP contribution < -0.4 is 0 Å². The largest absolute Gasteiger partial charge is 0.288 e. The minimum Gasteiger partial charge on any atom is -0.288 e. The lowest BCUT2D eigenvalue weighted by Crippen LogP contribution is -2.06. The van der Waals surface area contributed by atoms with E-state index in [9.17, 15) is 4.79 Å². The molecule has 0 N–H and O–H groups in total. The van der Waals surface area contributed by atoms with E-state index in [1.165, 1.54) is 0 Å². The first-order chi connectivity index (χ1) is 8.02. The Labute approximate surface area is 101 Å². The summed E-state index contributed by atoms with van der Waals surface area (Å²) in [7, 11) is 1.86. The minimum absolute atomic E-state index is 0.0613. The van der Waals surface area contributed by atoms with Gasteiger partial charge in [0, 0.05) is 18.3 Å². The van der Waals surface area contributed by atoms with Crippen LogP contribution in [0.3, 0.4) is 0 Å². The van der Waals surface area contributed by atoms with Crippen LogP contribution in [0.15, 0.2) is 24.3 Å². The lowest BCUT2D eigenvalue weighted by molar-refractivity contribution is 0.103. The van der Waals surface area contributed by atoms with E-state index in [0.29, 0.717) is 0 Å². The molecule has 0 aliphatic rings. The zero-order chi connectivity index (χ0) is 12.6. The Morgan fingerprint density at radius 1 is 1.18 bits per heavy atom. The second-order valence-corrected chi connectivity index (χ2v) is 4.31. The molecule has 0 amide bonds. The van der Waals surface area contributed by atoms with Gasteiger partial charge in [0.05, 0.1) is 11.3 Å². The van der Waals surface area contributed by atoms with Crippen LogP contribution in [0.2, 0.25) is 0 Å². The van der Waals surface area contributed by atoms with Crippen LogP contribution in [0.5, 0.6) is 0 Å². The average Bonchev–Trinajstić information content (AvgIpc) is 2.53. The third kappa shape index (κ3) is 1.88. The van der Waals surface area contributed by atoms with Crippen molar-refractivity contribution in [1.29, 1.82) is 0 Å². The quantitative estimate of drug-likeness (QED) is 0.740. The van der Waals surface area contributed by atoms with Crippen molar-refractivity contribution in [2.24, 2.45) is 7.05 Å². The van der Waals surface area contributed by atoms with Crippen LogP contribution in [-0.2, 0) is 7.05 Å². The minimum atomic E-state index is 0.0613. The van der Waals surface area contributed by atoms with Crippen LogP contribution in [-0.4, -0.2) is 15.6 Å². The van der Waals surface area contributed by atoms with Crippen LogP contribution >= 0.6 is 0 Å². The number of hydrogen-bond acceptors (Lipinski definition) is 2. The summed E-state index contributed by atoms with van der Waals surface area (Å²) in [6, 6.07) is 7.65. The van der Waals surface area contributed by atoms with Gasteiger partial charge in [-0.05, 0) is 26.3 Å². The van der Waals surface area contributed by atoms with E-state index >= 15 is 0 Å².